The lowest BCUT2D eigenvalue weighted by Crippen LogP contribution is -2.11. The van der Waals surface area contributed by atoms with Gasteiger partial charge < -0.3 is 4.42 Å². The zero-order chi connectivity index (χ0) is 29.0. The van der Waals surface area contributed by atoms with Crippen LogP contribution in [0.2, 0.25) is 0 Å². The molecule has 0 saturated heterocycles. The van der Waals surface area contributed by atoms with Crippen LogP contribution in [0.4, 0.5) is 17.2 Å². The van der Waals surface area contributed by atoms with Crippen molar-refractivity contribution in [2.45, 2.75) is 0 Å². The molecule has 206 valence electrons. The number of pyridine rings is 1. The number of aromatic nitrogens is 1. The van der Waals surface area contributed by atoms with E-state index in [4.69, 9.17) is 9.40 Å². The molecule has 3 heteroatoms. The van der Waals surface area contributed by atoms with E-state index in [2.05, 4.69) is 126 Å². The van der Waals surface area contributed by atoms with E-state index in [1.165, 1.54) is 43.4 Å². The first kappa shape index (κ1) is 24.6. The first-order valence-electron chi connectivity index (χ1n) is 14.9. The van der Waals surface area contributed by atoms with E-state index in [1.807, 2.05) is 36.5 Å². The minimum Gasteiger partial charge on any atom is -0.456 e. The summed E-state index contributed by atoms with van der Waals surface area (Å²) in [5, 5.41) is 9.72. The van der Waals surface area contributed by atoms with Crippen LogP contribution < -0.4 is 4.90 Å². The Bertz CT molecular complexity index is 2490. The number of fused-ring (bicyclic) bond motifs is 8. The summed E-state index contributed by atoms with van der Waals surface area (Å²) in [5.41, 5.74) is 6.11. The van der Waals surface area contributed by atoms with Crippen molar-refractivity contribution >= 4 is 71.4 Å². The number of benzene rings is 7. The standard InChI is InChI=1S/C41H26N2O/c1-2-9-32(10-3-1)43(41-40-36-12-6-7-13-37(36)44-38(40)24-25-42-41)33-21-18-27(19-22-33)30-20-23-35-31(26-30)17-16-29-15-14-28-8-4-5-11-34(28)39(29)35/h1-26H. The van der Waals surface area contributed by atoms with Crippen LogP contribution in [0.25, 0.3) is 65.4 Å². The average molecular weight is 563 g/mol. The van der Waals surface area contributed by atoms with Gasteiger partial charge in [0.1, 0.15) is 17.0 Å². The fraction of sp³-hybridized carbons (Fsp3) is 0. The molecule has 0 aliphatic heterocycles. The van der Waals surface area contributed by atoms with Crippen molar-refractivity contribution < 1.29 is 4.42 Å². The summed E-state index contributed by atoms with van der Waals surface area (Å²) in [6.07, 6.45) is 1.83. The van der Waals surface area contributed by atoms with Crippen LogP contribution in [0, 0.1) is 0 Å². The molecule has 0 unspecified atom stereocenters. The highest BCUT2D eigenvalue weighted by Crippen LogP contribution is 2.42. The third-order valence-corrected chi connectivity index (χ3v) is 8.68. The molecule has 0 bridgehead atoms. The summed E-state index contributed by atoms with van der Waals surface area (Å²) in [6, 6.07) is 53.7. The van der Waals surface area contributed by atoms with E-state index >= 15 is 0 Å². The molecule has 0 atom stereocenters. The first-order chi connectivity index (χ1) is 21.8. The monoisotopic (exact) mass is 562 g/mol. The Hall–Kier alpha value is -5.93. The number of para-hydroxylation sites is 2. The second-order valence-electron chi connectivity index (χ2n) is 11.2. The van der Waals surface area contributed by atoms with Crippen molar-refractivity contribution in [1.82, 2.24) is 4.98 Å². The number of hydrogen-bond acceptors (Lipinski definition) is 3. The van der Waals surface area contributed by atoms with Crippen LogP contribution in [-0.2, 0) is 0 Å². The number of nitrogens with zero attached hydrogens (tertiary/aromatic N) is 2. The van der Waals surface area contributed by atoms with E-state index in [9.17, 15) is 0 Å². The van der Waals surface area contributed by atoms with Crippen LogP contribution in [0.5, 0.6) is 0 Å². The van der Waals surface area contributed by atoms with Crippen molar-refractivity contribution in [3.63, 3.8) is 0 Å². The van der Waals surface area contributed by atoms with Gasteiger partial charge in [0, 0.05) is 23.0 Å². The highest BCUT2D eigenvalue weighted by atomic mass is 16.3. The zero-order valence-corrected chi connectivity index (χ0v) is 23.8. The molecule has 7 aromatic carbocycles. The Morgan fingerprint density at radius 2 is 1.09 bits per heavy atom. The molecule has 0 aliphatic carbocycles. The van der Waals surface area contributed by atoms with Gasteiger partial charge in [0.15, 0.2) is 0 Å². The summed E-state index contributed by atoms with van der Waals surface area (Å²) >= 11 is 0. The number of rotatable bonds is 4. The van der Waals surface area contributed by atoms with Gasteiger partial charge in [-0.1, -0.05) is 109 Å². The fourth-order valence-corrected chi connectivity index (χ4v) is 6.61. The maximum atomic E-state index is 6.21. The molecule has 0 saturated carbocycles. The van der Waals surface area contributed by atoms with Gasteiger partial charge in [-0.3, -0.25) is 4.90 Å². The highest BCUT2D eigenvalue weighted by molar-refractivity contribution is 6.20. The van der Waals surface area contributed by atoms with Crippen LogP contribution >= 0.6 is 0 Å². The number of furan rings is 1. The van der Waals surface area contributed by atoms with Gasteiger partial charge in [0.05, 0.1) is 5.39 Å². The van der Waals surface area contributed by atoms with Crippen molar-refractivity contribution in [3.05, 3.63) is 158 Å². The van der Waals surface area contributed by atoms with Gasteiger partial charge in [0.25, 0.3) is 0 Å². The Labute approximate surface area is 254 Å². The maximum Gasteiger partial charge on any atom is 0.149 e. The average Bonchev–Trinajstić information content (AvgIpc) is 3.48. The predicted molar refractivity (Wildman–Crippen MR) is 184 cm³/mol. The Kier molecular flexibility index (Phi) is 5.50. The topological polar surface area (TPSA) is 29.3 Å². The minimum absolute atomic E-state index is 0.824. The quantitative estimate of drug-likeness (QED) is 0.200. The largest absolute Gasteiger partial charge is 0.456 e. The molecule has 0 N–H and O–H groups in total. The molecule has 9 rings (SSSR count). The van der Waals surface area contributed by atoms with Crippen molar-refractivity contribution in [2.24, 2.45) is 0 Å². The molecular weight excluding hydrogens is 536 g/mol. The zero-order valence-electron chi connectivity index (χ0n) is 23.8. The van der Waals surface area contributed by atoms with Gasteiger partial charge in [-0.2, -0.15) is 0 Å². The van der Waals surface area contributed by atoms with Gasteiger partial charge in [-0.05, 0) is 85.9 Å². The molecule has 0 amide bonds. The smallest absolute Gasteiger partial charge is 0.149 e. The van der Waals surface area contributed by atoms with E-state index in [0.717, 1.165) is 39.1 Å². The summed E-state index contributed by atoms with van der Waals surface area (Å²) in [4.78, 5) is 7.12. The van der Waals surface area contributed by atoms with Gasteiger partial charge in [-0.15, -0.1) is 0 Å². The lowest BCUT2D eigenvalue weighted by Gasteiger charge is -2.25. The van der Waals surface area contributed by atoms with Gasteiger partial charge in [-0.25, -0.2) is 4.98 Å². The molecule has 44 heavy (non-hydrogen) atoms. The van der Waals surface area contributed by atoms with Crippen LogP contribution in [0.1, 0.15) is 0 Å². The molecule has 0 spiro atoms. The molecule has 0 radical (unpaired) electrons. The first-order valence-corrected chi connectivity index (χ1v) is 14.9. The molecule has 0 fully saturated rings. The number of hydrogen-bond donors (Lipinski definition) is 0. The summed E-state index contributed by atoms with van der Waals surface area (Å²) in [5.74, 6) is 0.844. The third-order valence-electron chi connectivity index (χ3n) is 8.68. The lowest BCUT2D eigenvalue weighted by molar-refractivity contribution is 0.668. The lowest BCUT2D eigenvalue weighted by atomic mass is 9.94. The van der Waals surface area contributed by atoms with Crippen LogP contribution in [0.15, 0.2) is 162 Å². The van der Waals surface area contributed by atoms with Crippen molar-refractivity contribution in [1.29, 1.82) is 0 Å². The van der Waals surface area contributed by atoms with E-state index < -0.39 is 0 Å². The van der Waals surface area contributed by atoms with Crippen LogP contribution in [-0.4, -0.2) is 4.98 Å². The number of anilines is 3. The minimum atomic E-state index is 0.824. The van der Waals surface area contributed by atoms with Crippen molar-refractivity contribution in [2.75, 3.05) is 4.90 Å². The SMILES string of the molecule is c1ccc(N(c2ccc(-c3ccc4c(ccc5ccc6ccccc6c54)c3)cc2)c2nccc3oc4ccccc4c23)cc1. The molecular formula is C41H26N2O. The van der Waals surface area contributed by atoms with Gasteiger partial charge >= 0.3 is 0 Å². The predicted octanol–water partition coefficient (Wildman–Crippen LogP) is 11.6. The Balaban J connectivity index is 1.17. The molecule has 3 nitrogen and oxygen atoms in total. The van der Waals surface area contributed by atoms with Crippen LogP contribution in [0.3, 0.4) is 0 Å². The van der Waals surface area contributed by atoms with E-state index in [-0.39, 0.29) is 0 Å². The van der Waals surface area contributed by atoms with E-state index in [0.29, 0.717) is 0 Å². The maximum absolute atomic E-state index is 6.21. The fourth-order valence-electron chi connectivity index (χ4n) is 6.61. The third kappa shape index (κ3) is 3.87. The summed E-state index contributed by atoms with van der Waals surface area (Å²) < 4.78 is 6.21. The highest BCUT2D eigenvalue weighted by Gasteiger charge is 2.20. The van der Waals surface area contributed by atoms with Gasteiger partial charge in [0.2, 0.25) is 0 Å². The molecule has 9 aromatic rings. The Morgan fingerprint density at radius 3 is 1.95 bits per heavy atom. The summed E-state index contributed by atoms with van der Waals surface area (Å²) in [7, 11) is 0. The molecule has 2 aromatic heterocycles. The molecule has 2 heterocycles. The second-order valence-corrected chi connectivity index (χ2v) is 11.2. The van der Waals surface area contributed by atoms with Crippen molar-refractivity contribution in [3.8, 4) is 11.1 Å². The second kappa shape index (κ2) is 9.82. The Morgan fingerprint density at radius 1 is 0.432 bits per heavy atom. The molecule has 0 aliphatic rings. The summed E-state index contributed by atoms with van der Waals surface area (Å²) in [6.45, 7) is 0. The normalized spacial score (nSPS) is 11.6. The van der Waals surface area contributed by atoms with E-state index in [1.54, 1.807) is 0 Å².